The molecule has 1 saturated carbocycles. The molecule has 0 saturated heterocycles. The Morgan fingerprint density at radius 3 is 2.45 bits per heavy atom. The first-order valence-electron chi connectivity index (χ1n) is 8.21. The van der Waals surface area contributed by atoms with E-state index in [4.69, 9.17) is 0 Å². The van der Waals surface area contributed by atoms with Crippen LogP contribution in [0.1, 0.15) is 58.8 Å². The van der Waals surface area contributed by atoms with Crippen LogP contribution in [0.5, 0.6) is 0 Å². The van der Waals surface area contributed by atoms with Gasteiger partial charge < -0.3 is 5.11 Å². The van der Waals surface area contributed by atoms with Crippen molar-refractivity contribution in [2.45, 2.75) is 58.8 Å². The SMILES string of the molecule is CC1(C)CCC=C1[P+](O)(O)CC(=CC1CCCCC1)C(=O)O. The Balaban J connectivity index is 2.16. The smallest absolute Gasteiger partial charge is 0.335 e. The van der Waals surface area contributed by atoms with E-state index in [0.717, 1.165) is 38.5 Å². The van der Waals surface area contributed by atoms with E-state index in [0.29, 0.717) is 5.31 Å². The lowest BCUT2D eigenvalue weighted by Gasteiger charge is -2.25. The average molecular weight is 327 g/mol. The first kappa shape index (κ1) is 17.7. The van der Waals surface area contributed by atoms with Crippen LogP contribution in [0.2, 0.25) is 0 Å². The minimum atomic E-state index is -3.38. The van der Waals surface area contributed by atoms with Crippen molar-refractivity contribution in [1.29, 1.82) is 0 Å². The molecule has 0 aromatic rings. The summed E-state index contributed by atoms with van der Waals surface area (Å²) in [7, 11) is -3.38. The van der Waals surface area contributed by atoms with Crippen molar-refractivity contribution in [2.75, 3.05) is 6.16 Å². The van der Waals surface area contributed by atoms with E-state index in [1.165, 1.54) is 6.42 Å². The maximum atomic E-state index is 11.5. The first-order valence-corrected chi connectivity index (χ1v) is 10.1. The van der Waals surface area contributed by atoms with E-state index in [1.807, 2.05) is 19.9 Å². The fraction of sp³-hybridized carbons (Fsp3) is 0.706. The monoisotopic (exact) mass is 327 g/mol. The summed E-state index contributed by atoms with van der Waals surface area (Å²) in [6.45, 7) is 4.00. The van der Waals surface area contributed by atoms with Crippen LogP contribution in [0, 0.1) is 11.3 Å². The lowest BCUT2D eigenvalue weighted by atomic mass is 9.88. The second-order valence-corrected chi connectivity index (χ2v) is 9.55. The summed E-state index contributed by atoms with van der Waals surface area (Å²) in [5.74, 6) is -0.750. The van der Waals surface area contributed by atoms with Crippen molar-refractivity contribution < 1.29 is 19.7 Å². The van der Waals surface area contributed by atoms with Crippen molar-refractivity contribution in [2.24, 2.45) is 11.3 Å². The molecule has 0 radical (unpaired) electrons. The van der Waals surface area contributed by atoms with Crippen LogP contribution >= 0.6 is 7.72 Å². The molecule has 4 nitrogen and oxygen atoms in total. The molecule has 5 heteroatoms. The lowest BCUT2D eigenvalue weighted by molar-refractivity contribution is -0.132. The van der Waals surface area contributed by atoms with Crippen molar-refractivity contribution in [3.8, 4) is 0 Å². The third-order valence-electron chi connectivity index (χ3n) is 4.94. The molecule has 0 bridgehead atoms. The largest absolute Gasteiger partial charge is 0.478 e. The van der Waals surface area contributed by atoms with Crippen LogP contribution in [0.3, 0.4) is 0 Å². The van der Waals surface area contributed by atoms with Gasteiger partial charge in [0.05, 0.1) is 5.57 Å². The molecule has 1 fully saturated rings. The molecule has 124 valence electrons. The highest BCUT2D eigenvalue weighted by atomic mass is 31.2. The van der Waals surface area contributed by atoms with Crippen LogP contribution in [-0.4, -0.2) is 27.0 Å². The highest BCUT2D eigenvalue weighted by Gasteiger charge is 2.50. The van der Waals surface area contributed by atoms with Gasteiger partial charge in [-0.25, -0.2) is 14.6 Å². The van der Waals surface area contributed by atoms with Gasteiger partial charge in [-0.3, -0.25) is 0 Å². The molecular weight excluding hydrogens is 299 g/mol. The van der Waals surface area contributed by atoms with E-state index < -0.39 is 13.7 Å². The molecule has 0 spiro atoms. The highest BCUT2D eigenvalue weighted by molar-refractivity contribution is 7.69. The summed E-state index contributed by atoms with van der Waals surface area (Å²) in [6.07, 6.45) is 10.8. The Labute approximate surface area is 133 Å². The molecule has 0 aliphatic heterocycles. The molecular formula is C17H28O4P+. The van der Waals surface area contributed by atoms with Crippen LogP contribution in [-0.2, 0) is 4.79 Å². The van der Waals surface area contributed by atoms with Crippen LogP contribution in [0.25, 0.3) is 0 Å². The third kappa shape index (κ3) is 4.18. The molecule has 0 unspecified atom stereocenters. The van der Waals surface area contributed by atoms with E-state index >= 15 is 0 Å². The van der Waals surface area contributed by atoms with Gasteiger partial charge in [0, 0.05) is 5.41 Å². The molecule has 2 aliphatic rings. The average Bonchev–Trinajstić information content (AvgIpc) is 2.79. The quantitative estimate of drug-likeness (QED) is 0.524. The molecule has 0 atom stereocenters. The van der Waals surface area contributed by atoms with Crippen molar-refractivity contribution in [3.05, 3.63) is 23.0 Å². The molecule has 0 amide bonds. The van der Waals surface area contributed by atoms with Gasteiger partial charge in [-0.15, -0.1) is 0 Å². The maximum Gasteiger partial charge on any atom is 0.335 e. The van der Waals surface area contributed by atoms with Gasteiger partial charge in [0.2, 0.25) is 0 Å². The second kappa shape index (κ2) is 6.82. The number of aliphatic carboxylic acids is 1. The van der Waals surface area contributed by atoms with Crippen LogP contribution in [0.15, 0.2) is 23.0 Å². The first-order chi connectivity index (χ1) is 10.2. The molecule has 22 heavy (non-hydrogen) atoms. The number of hydrogen-bond acceptors (Lipinski definition) is 3. The fourth-order valence-corrected chi connectivity index (χ4v) is 6.09. The summed E-state index contributed by atoms with van der Waals surface area (Å²) < 4.78 is 0. The summed E-state index contributed by atoms with van der Waals surface area (Å²) >= 11 is 0. The highest BCUT2D eigenvalue weighted by Crippen LogP contribution is 2.67. The number of carboxylic acids is 1. The molecule has 3 N–H and O–H groups in total. The topological polar surface area (TPSA) is 77.8 Å². The molecule has 2 rings (SSSR count). The fourth-order valence-electron chi connectivity index (χ4n) is 3.70. The Kier molecular flexibility index (Phi) is 5.47. The van der Waals surface area contributed by atoms with Crippen LogP contribution in [0.4, 0.5) is 0 Å². The third-order valence-corrected chi connectivity index (χ3v) is 7.28. The zero-order valence-electron chi connectivity index (χ0n) is 13.6. The minimum Gasteiger partial charge on any atom is -0.478 e. The standard InChI is InChI=1S/C17H27O4P/c1-17(2)10-6-9-15(17)22(20,21)12-14(16(18)19)11-13-7-4-3-5-8-13/h9,11,13,20-21H,3-8,10,12H2,1-2H3/p+1. The Hall–Kier alpha value is -0.700. The Morgan fingerprint density at radius 2 is 1.95 bits per heavy atom. The predicted molar refractivity (Wildman–Crippen MR) is 89.6 cm³/mol. The van der Waals surface area contributed by atoms with E-state index in [1.54, 1.807) is 6.08 Å². The van der Waals surface area contributed by atoms with Gasteiger partial charge in [-0.2, -0.15) is 0 Å². The number of carboxylic acid groups (broad SMARTS) is 1. The summed E-state index contributed by atoms with van der Waals surface area (Å²) in [6, 6.07) is 0. The van der Waals surface area contributed by atoms with Crippen LogP contribution < -0.4 is 0 Å². The minimum absolute atomic E-state index is 0.131. The number of hydrogen-bond donors (Lipinski definition) is 3. The predicted octanol–water partition coefficient (Wildman–Crippen LogP) is 4.11. The zero-order chi connectivity index (χ0) is 16.4. The normalized spacial score (nSPS) is 23.5. The zero-order valence-corrected chi connectivity index (χ0v) is 14.5. The summed E-state index contributed by atoms with van der Waals surface area (Å²) in [5, 5.41) is 10.1. The molecule has 0 heterocycles. The van der Waals surface area contributed by atoms with Gasteiger partial charge in [-0.1, -0.05) is 39.2 Å². The van der Waals surface area contributed by atoms with Crippen molar-refractivity contribution >= 4 is 13.7 Å². The van der Waals surface area contributed by atoms with Gasteiger partial charge in [0.25, 0.3) is 0 Å². The van der Waals surface area contributed by atoms with Crippen molar-refractivity contribution in [3.63, 3.8) is 0 Å². The summed E-state index contributed by atoms with van der Waals surface area (Å²) in [5.41, 5.74) is -0.0695. The van der Waals surface area contributed by atoms with Gasteiger partial charge in [0.1, 0.15) is 11.5 Å². The Morgan fingerprint density at radius 1 is 1.32 bits per heavy atom. The van der Waals surface area contributed by atoms with E-state index in [2.05, 4.69) is 0 Å². The van der Waals surface area contributed by atoms with Gasteiger partial charge in [-0.05, 0) is 37.7 Å². The van der Waals surface area contributed by atoms with Gasteiger partial charge in [0.15, 0.2) is 0 Å². The molecule has 0 aromatic heterocycles. The second-order valence-electron chi connectivity index (χ2n) is 7.30. The molecule has 0 aromatic carbocycles. The lowest BCUT2D eigenvalue weighted by Crippen LogP contribution is -2.18. The van der Waals surface area contributed by atoms with E-state index in [-0.39, 0.29) is 23.1 Å². The maximum absolute atomic E-state index is 11.5. The Bertz CT molecular complexity index is 485. The number of rotatable bonds is 5. The summed E-state index contributed by atoms with van der Waals surface area (Å²) in [4.78, 5) is 32.7. The number of allylic oxidation sites excluding steroid dienone is 3. The number of carbonyl (C=O) groups is 1. The van der Waals surface area contributed by atoms with E-state index in [9.17, 15) is 19.7 Å². The van der Waals surface area contributed by atoms with Crippen molar-refractivity contribution in [1.82, 2.24) is 0 Å². The van der Waals surface area contributed by atoms with Gasteiger partial charge >= 0.3 is 13.7 Å². The molecule has 2 aliphatic carbocycles.